The number of amides is 1. The van der Waals surface area contributed by atoms with Crippen molar-refractivity contribution >= 4 is 11.6 Å². The Morgan fingerprint density at radius 3 is 2.56 bits per heavy atom. The first-order chi connectivity index (χ1) is 12.0. The number of rotatable bonds is 5. The third-order valence-electron chi connectivity index (χ3n) is 4.04. The van der Waals surface area contributed by atoms with Gasteiger partial charge in [0.15, 0.2) is 0 Å². The van der Waals surface area contributed by atoms with Crippen molar-refractivity contribution in [1.29, 1.82) is 0 Å². The van der Waals surface area contributed by atoms with Gasteiger partial charge < -0.3 is 19.5 Å². The van der Waals surface area contributed by atoms with Crippen LogP contribution in [0.25, 0.3) is 0 Å². The van der Waals surface area contributed by atoms with Crippen LogP contribution < -0.4 is 19.5 Å². The minimum Gasteiger partial charge on any atom is -0.497 e. The molecule has 0 saturated carbocycles. The van der Waals surface area contributed by atoms with E-state index in [0.717, 1.165) is 28.5 Å². The number of benzene rings is 2. The second kappa shape index (κ2) is 7.47. The maximum atomic E-state index is 12.5. The molecule has 1 heterocycles. The van der Waals surface area contributed by atoms with E-state index in [4.69, 9.17) is 14.2 Å². The van der Waals surface area contributed by atoms with Gasteiger partial charge in [0.05, 0.1) is 19.1 Å². The number of hydrogen-bond donors (Lipinski definition) is 1. The van der Waals surface area contributed by atoms with Crippen molar-refractivity contribution in [3.05, 3.63) is 48.0 Å². The number of methoxy groups -OCH3 is 1. The summed E-state index contributed by atoms with van der Waals surface area (Å²) in [7, 11) is 1.63. The quantitative estimate of drug-likeness (QED) is 0.901. The van der Waals surface area contributed by atoms with Crippen molar-refractivity contribution in [3.63, 3.8) is 0 Å². The first kappa shape index (κ1) is 17.1. The lowest BCUT2D eigenvalue weighted by atomic mass is 9.95. The topological polar surface area (TPSA) is 56.8 Å². The zero-order valence-electron chi connectivity index (χ0n) is 14.7. The van der Waals surface area contributed by atoms with Gasteiger partial charge in [-0.3, -0.25) is 4.79 Å². The van der Waals surface area contributed by atoms with Crippen LogP contribution in [0.1, 0.15) is 19.4 Å². The lowest BCUT2D eigenvalue weighted by molar-refractivity contribution is -0.121. The van der Waals surface area contributed by atoms with Gasteiger partial charge in [0, 0.05) is 5.69 Å². The molecule has 2 aromatic rings. The van der Waals surface area contributed by atoms with E-state index in [0.29, 0.717) is 13.0 Å². The average Bonchev–Trinajstić information content (AvgIpc) is 2.62. The molecular formula is C20H23NO4. The summed E-state index contributed by atoms with van der Waals surface area (Å²) in [5.74, 6) is 2.09. The van der Waals surface area contributed by atoms with Crippen LogP contribution in [0.15, 0.2) is 42.5 Å². The minimum absolute atomic E-state index is 0.0500. The van der Waals surface area contributed by atoms with Gasteiger partial charge in [-0.1, -0.05) is 0 Å². The van der Waals surface area contributed by atoms with Gasteiger partial charge in [-0.15, -0.1) is 0 Å². The highest BCUT2D eigenvalue weighted by molar-refractivity contribution is 5.93. The Kier molecular flexibility index (Phi) is 5.12. The number of carbonyl (C=O) groups excluding carboxylic acids is 1. The number of ether oxygens (including phenoxy) is 3. The number of carbonyl (C=O) groups is 1. The molecule has 5 nitrogen and oxygen atoms in total. The Labute approximate surface area is 147 Å². The first-order valence-electron chi connectivity index (χ1n) is 8.42. The van der Waals surface area contributed by atoms with Gasteiger partial charge in [-0.2, -0.15) is 0 Å². The molecule has 0 spiro atoms. The second-order valence-electron chi connectivity index (χ2n) is 6.37. The van der Waals surface area contributed by atoms with E-state index in [2.05, 4.69) is 5.32 Å². The Hall–Kier alpha value is -2.69. The predicted octanol–water partition coefficient (Wildman–Crippen LogP) is 3.67. The van der Waals surface area contributed by atoms with Gasteiger partial charge in [-0.05, 0) is 68.3 Å². The molecule has 0 aliphatic carbocycles. The van der Waals surface area contributed by atoms with E-state index in [1.807, 2.05) is 56.3 Å². The molecule has 3 rings (SSSR count). The fourth-order valence-electron chi connectivity index (χ4n) is 2.80. The Morgan fingerprint density at radius 2 is 1.88 bits per heavy atom. The molecule has 0 fully saturated rings. The summed E-state index contributed by atoms with van der Waals surface area (Å²) in [5, 5.41) is 2.95. The molecule has 2 aromatic carbocycles. The van der Waals surface area contributed by atoms with Gasteiger partial charge >= 0.3 is 0 Å². The van der Waals surface area contributed by atoms with Crippen molar-refractivity contribution in [2.75, 3.05) is 19.0 Å². The van der Waals surface area contributed by atoms with E-state index in [1.165, 1.54) is 0 Å². The van der Waals surface area contributed by atoms with Gasteiger partial charge in [0.1, 0.15) is 23.9 Å². The molecule has 1 aliphatic rings. The number of anilines is 1. The molecular weight excluding hydrogens is 318 g/mol. The predicted molar refractivity (Wildman–Crippen MR) is 96.5 cm³/mol. The molecule has 1 unspecified atom stereocenters. The minimum atomic E-state index is -0.230. The van der Waals surface area contributed by atoms with Gasteiger partial charge in [-0.25, -0.2) is 0 Å². The summed E-state index contributed by atoms with van der Waals surface area (Å²) in [4.78, 5) is 12.5. The van der Waals surface area contributed by atoms with E-state index in [9.17, 15) is 4.79 Å². The molecule has 1 N–H and O–H groups in total. The molecule has 1 atom stereocenters. The average molecular weight is 341 g/mol. The molecule has 25 heavy (non-hydrogen) atoms. The van der Waals surface area contributed by atoms with Crippen LogP contribution in [-0.2, 0) is 11.2 Å². The van der Waals surface area contributed by atoms with E-state index in [1.54, 1.807) is 7.11 Å². The lowest BCUT2D eigenvalue weighted by Crippen LogP contribution is -2.32. The van der Waals surface area contributed by atoms with Crippen LogP contribution in [0.5, 0.6) is 17.2 Å². The van der Waals surface area contributed by atoms with Crippen molar-refractivity contribution in [2.24, 2.45) is 5.92 Å². The molecule has 1 aliphatic heterocycles. The van der Waals surface area contributed by atoms with E-state index in [-0.39, 0.29) is 17.9 Å². The standard InChI is InChI=1S/C20H23NO4/c1-13(2)25-17-6-4-16(5-7-17)21-20(22)15-10-14-11-18(23-3)8-9-19(14)24-12-15/h4-9,11,13,15H,10,12H2,1-3H3,(H,21,22). The van der Waals surface area contributed by atoms with Crippen LogP contribution in [0.2, 0.25) is 0 Å². The fraction of sp³-hybridized carbons (Fsp3) is 0.350. The smallest absolute Gasteiger partial charge is 0.231 e. The highest BCUT2D eigenvalue weighted by Gasteiger charge is 2.26. The summed E-state index contributed by atoms with van der Waals surface area (Å²) < 4.78 is 16.6. The van der Waals surface area contributed by atoms with Crippen molar-refractivity contribution in [3.8, 4) is 17.2 Å². The zero-order chi connectivity index (χ0) is 17.8. The summed E-state index contributed by atoms with van der Waals surface area (Å²) in [5.41, 5.74) is 1.74. The van der Waals surface area contributed by atoms with Crippen LogP contribution in [0.3, 0.4) is 0 Å². The Balaban J connectivity index is 1.63. The summed E-state index contributed by atoms with van der Waals surface area (Å²) in [6.45, 7) is 4.33. The Bertz CT molecular complexity index is 740. The molecule has 0 aromatic heterocycles. The third kappa shape index (κ3) is 4.24. The van der Waals surface area contributed by atoms with Crippen molar-refractivity contribution in [1.82, 2.24) is 0 Å². The molecule has 132 valence electrons. The van der Waals surface area contributed by atoms with E-state index >= 15 is 0 Å². The number of nitrogens with one attached hydrogen (secondary N) is 1. The monoisotopic (exact) mass is 341 g/mol. The van der Waals surface area contributed by atoms with Gasteiger partial charge in [0.25, 0.3) is 0 Å². The summed E-state index contributed by atoms with van der Waals surface area (Å²) in [6, 6.07) is 13.1. The molecule has 5 heteroatoms. The fourth-order valence-corrected chi connectivity index (χ4v) is 2.80. The zero-order valence-corrected chi connectivity index (χ0v) is 14.7. The molecule has 0 saturated heterocycles. The Morgan fingerprint density at radius 1 is 1.16 bits per heavy atom. The highest BCUT2D eigenvalue weighted by Crippen LogP contribution is 2.31. The highest BCUT2D eigenvalue weighted by atomic mass is 16.5. The normalized spacial score (nSPS) is 15.9. The SMILES string of the molecule is COc1ccc2c(c1)CC(C(=O)Nc1ccc(OC(C)C)cc1)CO2. The van der Waals surface area contributed by atoms with Crippen molar-refractivity contribution in [2.45, 2.75) is 26.4 Å². The summed E-state index contributed by atoms with van der Waals surface area (Å²) in [6.07, 6.45) is 0.754. The van der Waals surface area contributed by atoms with Crippen LogP contribution in [-0.4, -0.2) is 25.7 Å². The van der Waals surface area contributed by atoms with Crippen LogP contribution in [0, 0.1) is 5.92 Å². The lowest BCUT2D eigenvalue weighted by Gasteiger charge is -2.25. The summed E-state index contributed by atoms with van der Waals surface area (Å²) >= 11 is 0. The van der Waals surface area contributed by atoms with Crippen molar-refractivity contribution < 1.29 is 19.0 Å². The van der Waals surface area contributed by atoms with E-state index < -0.39 is 0 Å². The maximum absolute atomic E-state index is 12.5. The largest absolute Gasteiger partial charge is 0.497 e. The van der Waals surface area contributed by atoms with Crippen LogP contribution in [0.4, 0.5) is 5.69 Å². The molecule has 0 radical (unpaired) electrons. The number of hydrogen-bond acceptors (Lipinski definition) is 4. The number of fused-ring (bicyclic) bond motifs is 1. The van der Waals surface area contributed by atoms with Crippen LogP contribution >= 0.6 is 0 Å². The first-order valence-corrected chi connectivity index (χ1v) is 8.42. The molecule has 0 bridgehead atoms. The second-order valence-corrected chi connectivity index (χ2v) is 6.37. The molecule has 1 amide bonds. The maximum Gasteiger partial charge on any atom is 0.231 e. The van der Waals surface area contributed by atoms with Gasteiger partial charge in [0.2, 0.25) is 5.91 Å². The third-order valence-corrected chi connectivity index (χ3v) is 4.04.